The number of aliphatic carboxylic acids is 1. The molecule has 0 radical (unpaired) electrons. The molecule has 0 aliphatic carbocycles. The number of aliphatic hydroxyl groups is 1. The van der Waals surface area contributed by atoms with Gasteiger partial charge in [0.1, 0.15) is 22.5 Å². The van der Waals surface area contributed by atoms with Gasteiger partial charge < -0.3 is 41.0 Å². The number of hydrogen-bond donors (Lipinski definition) is 9. The fraction of sp³-hybridized carbons (Fsp3) is 0.0286. The second-order valence-electron chi connectivity index (χ2n) is 12.1. The van der Waals surface area contributed by atoms with Crippen LogP contribution in [0.15, 0.2) is 109 Å². The van der Waals surface area contributed by atoms with Crippen molar-refractivity contribution in [2.24, 2.45) is 14.6 Å². The molecule has 358 valence electrons. The number of carboxylic acid groups (broad SMARTS) is 1. The van der Waals surface area contributed by atoms with Crippen molar-refractivity contribution in [3.8, 4) is 11.5 Å². The smallest absolute Gasteiger partial charge is 0.313 e. The lowest BCUT2D eigenvalue weighted by molar-refractivity contribution is -0.432. The molecule has 6 rings (SSSR count). The lowest BCUT2D eigenvalue weighted by Crippen LogP contribution is -2.05. The number of aliphatic hydroxyl groups excluding tert-OH is 1. The first kappa shape index (κ1) is 51.8. The first-order valence-electron chi connectivity index (χ1n) is 17.8. The van der Waals surface area contributed by atoms with Crippen molar-refractivity contribution in [2.75, 3.05) is 21.7 Å². The Balaban J connectivity index is 1.37. The van der Waals surface area contributed by atoms with Crippen molar-refractivity contribution in [3.05, 3.63) is 95.4 Å². The van der Waals surface area contributed by atoms with Gasteiger partial charge in [-0.3, -0.25) is 9.35 Å². The first-order valence-corrected chi connectivity index (χ1v) is 22.8. The second-order valence-corrected chi connectivity index (χ2v) is 16.5. The third-order valence-corrected chi connectivity index (χ3v) is 10.8. The molecule has 2 aromatic heterocycles. The summed E-state index contributed by atoms with van der Waals surface area (Å²) < 4.78 is 53.1. The number of nitrogens with one attached hydrogen (secondary N) is 3. The van der Waals surface area contributed by atoms with Gasteiger partial charge >= 0.3 is 5.97 Å². The summed E-state index contributed by atoms with van der Waals surface area (Å²) in [5.74, 6) is -1.06. The van der Waals surface area contributed by atoms with Crippen LogP contribution in [-0.4, -0.2) is 81.0 Å². The molecule has 4 aromatic carbocycles. The number of phenolic OH excluding ortho intramolecular Hbond substituents is 1. The van der Waals surface area contributed by atoms with E-state index in [-0.39, 0.29) is 83.6 Å². The van der Waals surface area contributed by atoms with Gasteiger partial charge in [0.2, 0.25) is 28.4 Å². The van der Waals surface area contributed by atoms with Crippen LogP contribution in [0, 0.1) is 0 Å². The Bertz CT molecular complexity index is 3140. The number of thiol groups is 1. The summed E-state index contributed by atoms with van der Waals surface area (Å²) >= 11 is 17.5. The predicted octanol–water partition coefficient (Wildman–Crippen LogP) is 9.19. The summed E-state index contributed by atoms with van der Waals surface area (Å²) in [6, 6.07) is 13.6. The number of anilines is 6. The molecule has 0 amide bonds. The van der Waals surface area contributed by atoms with Crippen LogP contribution in [0.3, 0.4) is 0 Å². The van der Waals surface area contributed by atoms with E-state index in [9.17, 15) is 28.0 Å². The minimum absolute atomic E-state index is 0.0199. The number of benzene rings is 4. The molecule has 0 aliphatic heterocycles. The SMILES string of the molecule is C=COOSN=C=C=C(O)c1ccc(Nc2nc(Cl)nc(Nc3cc(OOOS)cc4cc(S(=O)(=O)O)c(N=Nc5cc(Nc6nc(Cl)nc(SCC(=O)O)n6)ccc5SOOO)c(O)c34)n2)cc1. The fourth-order valence-electron chi connectivity index (χ4n) is 5.21. The molecular weight excluding hydrogens is 1060 g/mol. The third-order valence-electron chi connectivity index (χ3n) is 7.77. The van der Waals surface area contributed by atoms with Crippen LogP contribution < -0.4 is 20.8 Å². The molecule has 0 fully saturated rings. The zero-order valence-corrected chi connectivity index (χ0v) is 39.1. The van der Waals surface area contributed by atoms with E-state index in [1.165, 1.54) is 42.5 Å². The highest BCUT2D eigenvalue weighted by atomic mass is 35.5. The van der Waals surface area contributed by atoms with Crippen LogP contribution in [0.2, 0.25) is 10.6 Å². The van der Waals surface area contributed by atoms with Crippen LogP contribution in [0.1, 0.15) is 5.56 Å². The van der Waals surface area contributed by atoms with E-state index in [0.29, 0.717) is 35.5 Å². The van der Waals surface area contributed by atoms with Crippen molar-refractivity contribution < 1.29 is 71.2 Å². The largest absolute Gasteiger partial charge is 0.505 e. The van der Waals surface area contributed by atoms with Crippen LogP contribution in [-0.2, 0) is 42.9 Å². The molecule has 0 unspecified atom stereocenters. The molecule has 0 saturated carbocycles. The molecule has 2 heterocycles. The summed E-state index contributed by atoms with van der Waals surface area (Å²) in [6.07, 6.45) is 1.04. The van der Waals surface area contributed by atoms with Gasteiger partial charge in [0.05, 0.1) is 34.2 Å². The van der Waals surface area contributed by atoms with Gasteiger partial charge in [0.15, 0.2) is 34.6 Å². The lowest BCUT2D eigenvalue weighted by Gasteiger charge is -2.15. The third kappa shape index (κ3) is 15.0. The zero-order chi connectivity index (χ0) is 49.5. The number of nitrogens with zero attached hydrogens (tertiary/aromatic N) is 9. The molecule has 6 aromatic rings. The van der Waals surface area contributed by atoms with E-state index in [0.717, 1.165) is 24.1 Å². The second kappa shape index (κ2) is 24.6. The number of rotatable bonds is 23. The number of aromatic nitrogens is 6. The molecule has 8 N–H and O–H groups in total. The van der Waals surface area contributed by atoms with E-state index < -0.39 is 32.4 Å². The number of phenols is 1. The molecule has 0 bridgehead atoms. The van der Waals surface area contributed by atoms with Crippen LogP contribution >= 0.6 is 72.1 Å². The summed E-state index contributed by atoms with van der Waals surface area (Å²) in [6.45, 7) is 3.30. The molecule has 0 saturated heterocycles. The van der Waals surface area contributed by atoms with E-state index in [4.69, 9.17) is 38.5 Å². The van der Waals surface area contributed by atoms with E-state index in [1.807, 2.05) is 0 Å². The van der Waals surface area contributed by atoms with Crippen LogP contribution in [0.5, 0.6) is 11.5 Å². The first-order chi connectivity index (χ1) is 33.1. The van der Waals surface area contributed by atoms with Crippen molar-refractivity contribution in [1.82, 2.24) is 29.9 Å². The van der Waals surface area contributed by atoms with Crippen molar-refractivity contribution >= 4 is 157 Å². The van der Waals surface area contributed by atoms with Crippen LogP contribution in [0.25, 0.3) is 16.5 Å². The number of azo groups is 1. The normalized spacial score (nSPS) is 11.1. The Labute approximate surface area is 413 Å². The quantitative estimate of drug-likeness (QED) is 0.00234. The fourth-order valence-corrected chi connectivity index (χ4v) is 7.44. The Morgan fingerprint density at radius 3 is 2.29 bits per heavy atom. The number of carboxylic acids is 1. The standard InChI is InChI=1S/C35H24Cl2N12O15S5/c1-2-58-63-68-38-10-9-23(50)16-3-5-18(6-4-16)39-32-42-30(36)43-34(46-32)41-22-14-20(59-61-62-65)11-17-12-25(69(55,56)57)28(29(53)27(17)22)49-48-21-13-19(7-8-24(21)67-64-60-54)40-33-44-31(37)45-35(47-33)66-15-26(51)52/h2-8,11-14,50,53-54,65H,1,15H2,(H,51,52)(H,55,56,57)(H,40,44,45,47)(H2,39,41,42,43,46). The maximum Gasteiger partial charge on any atom is 0.313 e. The highest BCUT2D eigenvalue weighted by molar-refractivity contribution is 7.99. The zero-order valence-electron chi connectivity index (χ0n) is 33.4. The van der Waals surface area contributed by atoms with E-state index in [2.05, 4.69) is 120 Å². The number of fused-ring (bicyclic) bond motifs is 1. The Morgan fingerprint density at radius 1 is 0.899 bits per heavy atom. The molecule has 0 spiro atoms. The van der Waals surface area contributed by atoms with Crippen molar-refractivity contribution in [1.29, 1.82) is 0 Å². The number of aromatic hydroxyl groups is 1. The molecule has 69 heavy (non-hydrogen) atoms. The molecule has 0 aliphatic rings. The van der Waals surface area contributed by atoms with Crippen LogP contribution in [0.4, 0.5) is 46.3 Å². The van der Waals surface area contributed by atoms with Gasteiger partial charge in [-0.25, -0.2) is 5.26 Å². The minimum Gasteiger partial charge on any atom is -0.505 e. The summed E-state index contributed by atoms with van der Waals surface area (Å²) in [5.41, 5.74) is 2.29. The van der Waals surface area contributed by atoms with Gasteiger partial charge in [-0.15, -0.1) is 23.3 Å². The monoisotopic (exact) mass is 1080 g/mol. The Hall–Kier alpha value is -6.55. The average Bonchev–Trinajstić information content (AvgIpc) is 3.30. The highest BCUT2D eigenvalue weighted by Gasteiger charge is 2.25. The maximum atomic E-state index is 12.9. The molecular formula is C35H24Cl2N12O15S5. The van der Waals surface area contributed by atoms with E-state index >= 15 is 0 Å². The minimum atomic E-state index is -5.21. The average molecular weight is 1080 g/mol. The van der Waals surface area contributed by atoms with Gasteiger partial charge in [-0.1, -0.05) is 27.7 Å². The number of thioether (sulfide) groups is 1. The lowest BCUT2D eigenvalue weighted by atomic mass is 10.1. The topological polar surface area (TPSA) is 367 Å². The summed E-state index contributed by atoms with van der Waals surface area (Å²) in [5, 5.41) is 64.0. The molecule has 34 heteroatoms. The summed E-state index contributed by atoms with van der Waals surface area (Å²) in [7, 11) is -5.21. The Morgan fingerprint density at radius 2 is 1.59 bits per heavy atom. The van der Waals surface area contributed by atoms with E-state index in [1.54, 1.807) is 12.1 Å². The predicted molar refractivity (Wildman–Crippen MR) is 250 cm³/mol. The number of carbonyl (C=O) groups is 1. The van der Waals surface area contributed by atoms with Gasteiger partial charge in [0.25, 0.3) is 10.1 Å². The maximum absolute atomic E-state index is 12.9. The summed E-state index contributed by atoms with van der Waals surface area (Å²) in [4.78, 5) is 44.2. The number of hydrogen-bond acceptors (Lipinski definition) is 29. The number of halogens is 2. The Kier molecular flexibility index (Phi) is 18.5. The van der Waals surface area contributed by atoms with Gasteiger partial charge in [-0.2, -0.15) is 38.3 Å². The van der Waals surface area contributed by atoms with Gasteiger partial charge in [-0.05, 0) is 94.0 Å². The van der Waals surface area contributed by atoms with Crippen molar-refractivity contribution in [3.63, 3.8) is 0 Å². The van der Waals surface area contributed by atoms with Crippen molar-refractivity contribution in [2.45, 2.75) is 14.9 Å². The molecule has 0 atom stereocenters. The molecule has 27 nitrogen and oxygen atoms in total. The van der Waals surface area contributed by atoms with Gasteiger partial charge in [0, 0.05) is 41.3 Å². The highest BCUT2D eigenvalue weighted by Crippen LogP contribution is 2.47.